The van der Waals surface area contributed by atoms with Crippen molar-refractivity contribution in [3.8, 4) is 5.69 Å². The Bertz CT molecular complexity index is 1490. The molecule has 1 nitrogen and oxygen atoms in total. The molecule has 1 atom stereocenters. The molecule has 0 aliphatic heterocycles. The first kappa shape index (κ1) is 19.3. The van der Waals surface area contributed by atoms with Crippen LogP contribution in [0.15, 0.2) is 121 Å². The maximum absolute atomic E-state index is 4.07. The summed E-state index contributed by atoms with van der Waals surface area (Å²) in [5.41, 5.74) is 7.48. The lowest BCUT2D eigenvalue weighted by atomic mass is 9.87. The maximum Gasteiger partial charge on any atom is 0.0723 e. The van der Waals surface area contributed by atoms with E-state index in [1.165, 1.54) is 44.2 Å². The highest BCUT2D eigenvalue weighted by Crippen LogP contribution is 2.43. The molecule has 0 fully saturated rings. The molecule has 0 saturated heterocycles. The Labute approximate surface area is 196 Å². The molecule has 2 heteroatoms. The molecule has 4 aromatic carbocycles. The highest BCUT2D eigenvalue weighted by molar-refractivity contribution is 9.09. The van der Waals surface area contributed by atoms with Crippen molar-refractivity contribution < 1.29 is 0 Å². The second-order valence-electron chi connectivity index (χ2n) is 8.35. The van der Waals surface area contributed by atoms with Crippen LogP contribution in [0.3, 0.4) is 0 Å². The Balaban J connectivity index is 1.47. The maximum atomic E-state index is 4.07. The summed E-state index contributed by atoms with van der Waals surface area (Å²) in [5.74, 6) is 0. The number of hydrogen-bond acceptors (Lipinski definition) is 0. The van der Waals surface area contributed by atoms with Gasteiger partial charge in [0, 0.05) is 16.5 Å². The summed E-state index contributed by atoms with van der Waals surface area (Å²) in [7, 11) is 0. The molecule has 1 aliphatic carbocycles. The zero-order valence-electron chi connectivity index (χ0n) is 17.6. The van der Waals surface area contributed by atoms with Crippen molar-refractivity contribution in [2.75, 3.05) is 0 Å². The van der Waals surface area contributed by atoms with Gasteiger partial charge in [-0.25, -0.2) is 0 Å². The van der Waals surface area contributed by atoms with E-state index in [4.69, 9.17) is 0 Å². The molecule has 154 valence electrons. The molecule has 1 aromatic heterocycles. The molecule has 0 amide bonds. The Morgan fingerprint density at radius 1 is 0.688 bits per heavy atom. The minimum atomic E-state index is -0.199. The summed E-state index contributed by atoms with van der Waals surface area (Å²) in [6, 6.07) is 36.8. The highest BCUT2D eigenvalue weighted by Gasteiger charge is 2.28. The minimum absolute atomic E-state index is 0.199. The molecule has 5 aromatic rings. The van der Waals surface area contributed by atoms with Gasteiger partial charge >= 0.3 is 0 Å². The van der Waals surface area contributed by atoms with Crippen LogP contribution < -0.4 is 0 Å². The summed E-state index contributed by atoms with van der Waals surface area (Å²) in [4.78, 5) is 0. The van der Waals surface area contributed by atoms with E-state index >= 15 is 0 Å². The Morgan fingerprint density at radius 2 is 1.38 bits per heavy atom. The number of nitrogens with zero attached hydrogens (tertiary/aromatic N) is 1. The third-order valence-corrected chi connectivity index (χ3v) is 7.47. The number of para-hydroxylation sites is 2. The molecule has 0 bridgehead atoms. The molecular formula is C30H22BrN. The van der Waals surface area contributed by atoms with Crippen LogP contribution in [-0.2, 0) is 4.32 Å². The number of benzene rings is 4. The summed E-state index contributed by atoms with van der Waals surface area (Å²) in [5, 5.41) is 2.57. The molecule has 0 spiro atoms. The van der Waals surface area contributed by atoms with Crippen LogP contribution in [0.5, 0.6) is 0 Å². The second-order valence-corrected chi connectivity index (χ2v) is 9.76. The SMILES string of the molecule is BrC1(c2ccc3c(c2)c2ccccc2n3-c2ccccc2)C=CC(c2ccccc2)=CC1. The third kappa shape index (κ3) is 3.14. The van der Waals surface area contributed by atoms with Crippen molar-refractivity contribution in [1.82, 2.24) is 4.57 Å². The van der Waals surface area contributed by atoms with Crippen molar-refractivity contribution in [3.05, 3.63) is 132 Å². The standard InChI is InChI=1S/C30H22BrN/c31-30(19-17-23(18-20-30)22-9-3-1-4-10-22)24-15-16-29-27(21-24)26-13-7-8-14-28(26)32(29)25-11-5-2-6-12-25/h1-19,21H,20H2. The number of allylic oxidation sites excluding steroid dienone is 4. The van der Waals surface area contributed by atoms with Crippen molar-refractivity contribution in [2.45, 2.75) is 10.7 Å². The zero-order valence-corrected chi connectivity index (χ0v) is 19.2. The van der Waals surface area contributed by atoms with Gasteiger partial charge in [0.2, 0.25) is 0 Å². The minimum Gasteiger partial charge on any atom is -0.309 e. The molecule has 0 radical (unpaired) electrons. The Morgan fingerprint density at radius 3 is 2.12 bits per heavy atom. The van der Waals surface area contributed by atoms with Gasteiger partial charge in [-0.15, -0.1) is 0 Å². The smallest absolute Gasteiger partial charge is 0.0723 e. The van der Waals surface area contributed by atoms with E-state index in [0.717, 1.165) is 6.42 Å². The number of halogens is 1. The summed E-state index contributed by atoms with van der Waals surface area (Å²) < 4.78 is 2.16. The average Bonchev–Trinajstić information content (AvgIpc) is 3.19. The fourth-order valence-electron chi connectivity index (χ4n) is 4.76. The molecule has 6 rings (SSSR count). The third-order valence-electron chi connectivity index (χ3n) is 6.42. The van der Waals surface area contributed by atoms with Gasteiger partial charge in [0.25, 0.3) is 0 Å². The average molecular weight is 476 g/mol. The van der Waals surface area contributed by atoms with Crippen LogP contribution in [0, 0.1) is 0 Å². The first-order valence-electron chi connectivity index (χ1n) is 11.0. The van der Waals surface area contributed by atoms with E-state index in [1.807, 2.05) is 0 Å². The number of fused-ring (bicyclic) bond motifs is 3. The van der Waals surface area contributed by atoms with Gasteiger partial charge in [-0.2, -0.15) is 0 Å². The molecular weight excluding hydrogens is 454 g/mol. The van der Waals surface area contributed by atoms with Crippen LogP contribution in [-0.4, -0.2) is 4.57 Å². The number of aromatic nitrogens is 1. The summed E-state index contributed by atoms with van der Waals surface area (Å²) >= 11 is 4.07. The normalized spacial score (nSPS) is 18.2. The van der Waals surface area contributed by atoms with Crippen molar-refractivity contribution >= 4 is 43.3 Å². The summed E-state index contributed by atoms with van der Waals surface area (Å²) in [6.45, 7) is 0. The van der Waals surface area contributed by atoms with E-state index in [-0.39, 0.29) is 4.32 Å². The van der Waals surface area contributed by atoms with Crippen LogP contribution in [0.25, 0.3) is 33.1 Å². The van der Waals surface area contributed by atoms with Crippen molar-refractivity contribution in [1.29, 1.82) is 0 Å². The lowest BCUT2D eigenvalue weighted by Crippen LogP contribution is -2.16. The predicted molar refractivity (Wildman–Crippen MR) is 140 cm³/mol. The van der Waals surface area contributed by atoms with Gasteiger partial charge in [-0.05, 0) is 53.5 Å². The van der Waals surface area contributed by atoms with E-state index in [9.17, 15) is 0 Å². The fraction of sp³-hybridized carbons (Fsp3) is 0.0667. The van der Waals surface area contributed by atoms with Crippen molar-refractivity contribution in [2.24, 2.45) is 0 Å². The topological polar surface area (TPSA) is 4.93 Å². The lowest BCUT2D eigenvalue weighted by Gasteiger charge is -2.27. The zero-order chi connectivity index (χ0) is 21.5. The predicted octanol–water partition coefficient (Wildman–Crippen LogP) is 8.42. The van der Waals surface area contributed by atoms with E-state index < -0.39 is 0 Å². The highest BCUT2D eigenvalue weighted by atomic mass is 79.9. The Kier molecular flexibility index (Phi) is 4.62. The lowest BCUT2D eigenvalue weighted by molar-refractivity contribution is 0.801. The quantitative estimate of drug-likeness (QED) is 0.230. The Hall–Kier alpha value is -3.36. The molecule has 1 aliphatic rings. The number of rotatable bonds is 3. The molecule has 32 heavy (non-hydrogen) atoms. The second kappa shape index (κ2) is 7.65. The van der Waals surface area contributed by atoms with Gasteiger partial charge in [0.05, 0.1) is 15.4 Å². The van der Waals surface area contributed by atoms with Gasteiger partial charge in [0.1, 0.15) is 0 Å². The van der Waals surface area contributed by atoms with Crippen LogP contribution in [0.4, 0.5) is 0 Å². The van der Waals surface area contributed by atoms with Crippen LogP contribution in [0.1, 0.15) is 17.5 Å². The largest absolute Gasteiger partial charge is 0.309 e. The van der Waals surface area contributed by atoms with Crippen molar-refractivity contribution in [3.63, 3.8) is 0 Å². The molecule has 0 saturated carbocycles. The van der Waals surface area contributed by atoms with Gasteiger partial charge < -0.3 is 4.57 Å². The van der Waals surface area contributed by atoms with E-state index in [1.54, 1.807) is 0 Å². The number of alkyl halides is 1. The molecule has 1 unspecified atom stereocenters. The van der Waals surface area contributed by atoms with E-state index in [2.05, 4.69) is 142 Å². The first-order valence-corrected chi connectivity index (χ1v) is 11.8. The monoisotopic (exact) mass is 475 g/mol. The number of hydrogen-bond donors (Lipinski definition) is 0. The molecule has 1 heterocycles. The summed E-state index contributed by atoms with van der Waals surface area (Å²) in [6.07, 6.45) is 7.79. The first-order chi connectivity index (χ1) is 15.7. The van der Waals surface area contributed by atoms with Gasteiger partial charge in [-0.1, -0.05) is 107 Å². The van der Waals surface area contributed by atoms with E-state index in [0.29, 0.717) is 0 Å². The van der Waals surface area contributed by atoms with Gasteiger partial charge in [-0.3, -0.25) is 0 Å². The van der Waals surface area contributed by atoms with Crippen LogP contribution >= 0.6 is 15.9 Å². The fourth-order valence-corrected chi connectivity index (χ4v) is 5.30. The molecule has 0 N–H and O–H groups in total. The van der Waals surface area contributed by atoms with Gasteiger partial charge in [0.15, 0.2) is 0 Å². The van der Waals surface area contributed by atoms with Crippen LogP contribution in [0.2, 0.25) is 0 Å².